The van der Waals surface area contributed by atoms with Crippen molar-refractivity contribution in [1.29, 1.82) is 0 Å². The van der Waals surface area contributed by atoms with Crippen LogP contribution in [0.3, 0.4) is 0 Å². The molecule has 10 heavy (non-hydrogen) atoms. The summed E-state index contributed by atoms with van der Waals surface area (Å²) < 4.78 is 29.5. The van der Waals surface area contributed by atoms with Crippen molar-refractivity contribution in [3.63, 3.8) is 0 Å². The second kappa shape index (κ2) is 7.85. The Bertz CT molecular complexity index is 76.1. The zero-order chi connectivity index (χ0) is 8.08. The van der Waals surface area contributed by atoms with Crippen LogP contribution in [-0.2, 0) is 18.1 Å². The molecule has 0 unspecified atom stereocenters. The first-order valence-corrected chi connectivity index (χ1v) is 4.34. The van der Waals surface area contributed by atoms with Gasteiger partial charge in [0.1, 0.15) is 0 Å². The van der Waals surface area contributed by atoms with Gasteiger partial charge in [0.2, 0.25) is 0 Å². The van der Waals surface area contributed by atoms with Crippen molar-refractivity contribution in [2.75, 3.05) is 0 Å². The van der Waals surface area contributed by atoms with Crippen molar-refractivity contribution in [1.82, 2.24) is 0 Å². The number of carboxylic acid groups (broad SMARTS) is 2. The molecule has 0 aliphatic heterocycles. The molecule has 0 saturated heterocycles. The first-order valence-electron chi connectivity index (χ1n) is 1.55. The molecule has 0 rings (SSSR count). The summed E-state index contributed by atoms with van der Waals surface area (Å²) in [6.07, 6.45) is -1.83. The molecule has 2 radical (unpaired) electrons. The van der Waals surface area contributed by atoms with Crippen molar-refractivity contribution < 1.29 is 47.9 Å². The number of hydrogen-bond donors (Lipinski definition) is 6. The third-order valence-electron chi connectivity index (χ3n) is 0. The predicted octanol–water partition coefficient (Wildman–Crippen LogP) is -2.92. The third kappa shape index (κ3) is 942. The Morgan fingerprint density at radius 3 is 1.00 bits per heavy atom. The van der Waals surface area contributed by atoms with Gasteiger partial charge in [-0.3, -0.25) is 0 Å². The molecular weight excluding hydrogens is 379 g/mol. The Labute approximate surface area is 81.0 Å². The Hall–Kier alpha value is 0.746. The molecule has 9 heteroatoms. The molecule has 0 bridgehead atoms. The molecule has 0 aliphatic rings. The molecule has 0 fully saturated rings. The van der Waals surface area contributed by atoms with Gasteiger partial charge < -0.3 is 10.2 Å². The van der Waals surface area contributed by atoms with E-state index in [2.05, 4.69) is 0 Å². The van der Waals surface area contributed by atoms with E-state index in [1.165, 1.54) is 0 Å². The van der Waals surface area contributed by atoms with Gasteiger partial charge in [-0.25, -0.2) is 4.79 Å². The standard InChI is InChI=1S/CH2O3.4H2O.Pb.Ti.2H/c2-1(3)4;;;;;;;;/h(H2,2,3,4);4*1H2;;;;/q;;;;;;+4;;/p-4. The molecule has 0 aromatic rings. The van der Waals surface area contributed by atoms with E-state index >= 15 is 0 Å². The van der Waals surface area contributed by atoms with Gasteiger partial charge in [-0.05, 0) is 0 Å². The third-order valence-corrected chi connectivity index (χ3v) is 0. The van der Waals surface area contributed by atoms with Gasteiger partial charge in [0.15, 0.2) is 0 Å². The Morgan fingerprint density at radius 2 is 1.00 bits per heavy atom. The van der Waals surface area contributed by atoms with Crippen LogP contribution in [0.2, 0.25) is 0 Å². The monoisotopic (exact) mass is 388 g/mol. The number of carbonyl (C=O) groups is 1. The average Bonchev–Trinajstić information content (AvgIpc) is 1.19. The first-order chi connectivity index (χ1) is 3.73. The van der Waals surface area contributed by atoms with E-state index in [-0.39, 0.29) is 27.3 Å². The van der Waals surface area contributed by atoms with Gasteiger partial charge in [-0.1, -0.05) is 0 Å². The molecule has 6 N–H and O–H groups in total. The van der Waals surface area contributed by atoms with Crippen LogP contribution in [0, 0.1) is 0 Å². The van der Waals surface area contributed by atoms with E-state index in [1.54, 1.807) is 0 Å². The van der Waals surface area contributed by atoms with Crippen LogP contribution in [0.5, 0.6) is 0 Å². The number of hydrogen-bond acceptors (Lipinski definition) is 5. The minimum atomic E-state index is -5.00. The summed E-state index contributed by atoms with van der Waals surface area (Å²) >= 11 is -5.00. The van der Waals surface area contributed by atoms with E-state index in [1.807, 2.05) is 0 Å². The van der Waals surface area contributed by atoms with Crippen molar-refractivity contribution in [3.8, 4) is 0 Å². The van der Waals surface area contributed by atoms with Crippen LogP contribution in [0.15, 0.2) is 0 Å². The summed E-state index contributed by atoms with van der Waals surface area (Å²) in [5, 5.41) is 13.9. The van der Waals surface area contributed by atoms with E-state index in [9.17, 15) is 0 Å². The zero-order valence-corrected chi connectivity index (χ0v) is 11.9. The van der Waals surface area contributed by atoms with Crippen LogP contribution in [0.4, 0.5) is 4.79 Å². The van der Waals surface area contributed by atoms with Crippen molar-refractivity contribution in [2.24, 2.45) is 0 Å². The summed E-state index contributed by atoms with van der Waals surface area (Å²) in [6.45, 7) is 0. The molecule has 0 atom stereocenters. The molecule has 7 nitrogen and oxygen atoms in total. The van der Waals surface area contributed by atoms with Gasteiger partial charge in [0.05, 0.1) is 0 Å². The fourth-order valence-electron chi connectivity index (χ4n) is 0. The molecule has 0 heterocycles. The van der Waals surface area contributed by atoms with Gasteiger partial charge >= 0.3 is 66.3 Å². The maximum absolute atomic E-state index is 8.56. The van der Waals surface area contributed by atoms with Gasteiger partial charge in [-0.2, -0.15) is 0 Å². The summed E-state index contributed by atoms with van der Waals surface area (Å²) in [5.74, 6) is 0. The fourth-order valence-corrected chi connectivity index (χ4v) is 0. The first kappa shape index (κ1) is 17.0. The van der Waals surface area contributed by atoms with Crippen LogP contribution in [0.25, 0.3) is 0 Å². The van der Waals surface area contributed by atoms with Crippen LogP contribution >= 0.6 is 0 Å². The number of rotatable bonds is 0. The molecule has 0 saturated carbocycles. The quantitative estimate of drug-likeness (QED) is 0.245. The second-order valence-electron chi connectivity index (χ2n) is 0.883. The molecule has 62 valence electrons. The SMILES string of the molecule is O=C(O)O.[OH][Ti]([OH])([OH])[OH].[PbH2]. The summed E-state index contributed by atoms with van der Waals surface area (Å²) in [4.78, 5) is 8.56. The summed E-state index contributed by atoms with van der Waals surface area (Å²) in [6, 6.07) is 0. The zero-order valence-electron chi connectivity index (χ0n) is 4.80. The molecule has 0 aliphatic carbocycles. The van der Waals surface area contributed by atoms with Gasteiger partial charge in [0.25, 0.3) is 0 Å². The molecule has 0 amide bonds. The Balaban J connectivity index is -0.0000000910. The molecule has 0 aromatic carbocycles. The van der Waals surface area contributed by atoms with Crippen molar-refractivity contribution >= 4 is 33.5 Å². The minimum absolute atomic E-state index is 0. The van der Waals surface area contributed by atoms with E-state index in [4.69, 9.17) is 29.8 Å². The summed E-state index contributed by atoms with van der Waals surface area (Å²) in [5.41, 5.74) is 0. The molecule has 0 aromatic heterocycles. The normalized spacial score (nSPS) is 8.40. The molecule has 0 spiro atoms. The second-order valence-corrected chi connectivity index (χ2v) is 2.76. The van der Waals surface area contributed by atoms with E-state index in [0.717, 1.165) is 0 Å². The topological polar surface area (TPSA) is 138 Å². The average molecular weight is 387 g/mol. The van der Waals surface area contributed by atoms with Crippen molar-refractivity contribution in [3.05, 3.63) is 0 Å². The summed E-state index contributed by atoms with van der Waals surface area (Å²) in [7, 11) is 0. The van der Waals surface area contributed by atoms with Gasteiger partial charge in [0, 0.05) is 0 Å². The Morgan fingerprint density at radius 1 is 1.00 bits per heavy atom. The maximum atomic E-state index is 8.56. The predicted molar refractivity (Wildman–Crippen MR) is 28.1 cm³/mol. The van der Waals surface area contributed by atoms with E-state index < -0.39 is 24.3 Å². The van der Waals surface area contributed by atoms with Gasteiger partial charge in [-0.15, -0.1) is 0 Å². The Kier molecular flexibility index (Phi) is 13.4. The fraction of sp³-hybridized carbons (Fsp3) is 0. The van der Waals surface area contributed by atoms with Crippen molar-refractivity contribution in [2.45, 2.75) is 0 Å². The van der Waals surface area contributed by atoms with Crippen LogP contribution < -0.4 is 0 Å². The molecular formula is CH8O7PbTi. The van der Waals surface area contributed by atoms with Crippen LogP contribution in [-0.4, -0.2) is 58.4 Å². The van der Waals surface area contributed by atoms with E-state index in [0.29, 0.717) is 0 Å². The van der Waals surface area contributed by atoms with Crippen LogP contribution in [0.1, 0.15) is 0 Å².